The molecule has 1 saturated heterocycles. The van der Waals surface area contributed by atoms with Crippen molar-refractivity contribution >= 4 is 11.6 Å². The molecule has 4 rings (SSSR count). The van der Waals surface area contributed by atoms with Gasteiger partial charge in [-0.15, -0.1) is 0 Å². The molecule has 2 aliphatic rings. The van der Waals surface area contributed by atoms with Crippen LogP contribution in [0.1, 0.15) is 36.5 Å². The first-order valence-electron chi connectivity index (χ1n) is 9.58. The predicted octanol–water partition coefficient (Wildman–Crippen LogP) is 3.48. The molecule has 2 heterocycles. The van der Waals surface area contributed by atoms with Gasteiger partial charge in [0.2, 0.25) is 5.91 Å². The molecule has 1 fully saturated rings. The highest BCUT2D eigenvalue weighted by Gasteiger charge is 2.25. The van der Waals surface area contributed by atoms with E-state index in [-0.39, 0.29) is 18.1 Å². The molecule has 0 bridgehead atoms. The smallest absolute Gasteiger partial charge is 0.223 e. The van der Waals surface area contributed by atoms with E-state index in [2.05, 4.69) is 52.7 Å². The molecule has 4 nitrogen and oxygen atoms in total. The van der Waals surface area contributed by atoms with Crippen molar-refractivity contribution in [3.63, 3.8) is 0 Å². The first-order chi connectivity index (χ1) is 12.8. The second-order valence-corrected chi connectivity index (χ2v) is 7.18. The minimum atomic E-state index is -0.107. The van der Waals surface area contributed by atoms with Crippen LogP contribution < -0.4 is 10.2 Å². The van der Waals surface area contributed by atoms with E-state index in [0.29, 0.717) is 13.0 Å². The number of carbonyl (C=O) groups is 1. The lowest BCUT2D eigenvalue weighted by Gasteiger charge is -2.34. The SMILES string of the molecule is O=C(CC1OCCc2ccccc21)NC1CCN(c2ccccc2)CC1. The van der Waals surface area contributed by atoms with Gasteiger partial charge in [-0.3, -0.25) is 4.79 Å². The molecule has 1 amide bonds. The van der Waals surface area contributed by atoms with Crippen molar-refractivity contribution < 1.29 is 9.53 Å². The summed E-state index contributed by atoms with van der Waals surface area (Å²) in [4.78, 5) is 14.9. The fourth-order valence-corrected chi connectivity index (χ4v) is 4.02. The summed E-state index contributed by atoms with van der Waals surface area (Å²) in [6, 6.07) is 19.1. The van der Waals surface area contributed by atoms with E-state index in [9.17, 15) is 4.79 Å². The topological polar surface area (TPSA) is 41.6 Å². The van der Waals surface area contributed by atoms with E-state index in [1.807, 2.05) is 12.1 Å². The summed E-state index contributed by atoms with van der Waals surface area (Å²) in [6.45, 7) is 2.67. The Hall–Kier alpha value is -2.33. The van der Waals surface area contributed by atoms with Crippen molar-refractivity contribution in [2.75, 3.05) is 24.6 Å². The molecule has 2 aromatic rings. The maximum absolute atomic E-state index is 12.5. The Balaban J connectivity index is 1.29. The van der Waals surface area contributed by atoms with E-state index in [1.165, 1.54) is 16.8 Å². The van der Waals surface area contributed by atoms with Crippen LogP contribution in [0.15, 0.2) is 54.6 Å². The van der Waals surface area contributed by atoms with Crippen LogP contribution in [0, 0.1) is 0 Å². The summed E-state index contributed by atoms with van der Waals surface area (Å²) in [5.41, 5.74) is 3.75. The third kappa shape index (κ3) is 3.91. The number of piperidine rings is 1. The zero-order valence-electron chi connectivity index (χ0n) is 15.1. The molecule has 2 aliphatic heterocycles. The number of rotatable bonds is 4. The molecule has 26 heavy (non-hydrogen) atoms. The van der Waals surface area contributed by atoms with Gasteiger partial charge < -0.3 is 15.0 Å². The Bertz CT molecular complexity index is 739. The van der Waals surface area contributed by atoms with Gasteiger partial charge in [-0.1, -0.05) is 42.5 Å². The monoisotopic (exact) mass is 350 g/mol. The molecule has 1 unspecified atom stereocenters. The van der Waals surface area contributed by atoms with Gasteiger partial charge >= 0.3 is 0 Å². The van der Waals surface area contributed by atoms with Crippen molar-refractivity contribution in [1.29, 1.82) is 0 Å². The number of amides is 1. The van der Waals surface area contributed by atoms with E-state index >= 15 is 0 Å². The molecule has 4 heteroatoms. The number of fused-ring (bicyclic) bond motifs is 1. The molecule has 1 atom stereocenters. The molecule has 0 aliphatic carbocycles. The molecule has 0 saturated carbocycles. The largest absolute Gasteiger partial charge is 0.373 e. The van der Waals surface area contributed by atoms with Gasteiger partial charge in [0.25, 0.3) is 0 Å². The predicted molar refractivity (Wildman–Crippen MR) is 103 cm³/mol. The highest BCUT2D eigenvalue weighted by molar-refractivity contribution is 5.77. The quantitative estimate of drug-likeness (QED) is 0.918. The number of hydrogen-bond acceptors (Lipinski definition) is 3. The first-order valence-corrected chi connectivity index (χ1v) is 9.58. The number of nitrogens with one attached hydrogen (secondary N) is 1. The van der Waals surface area contributed by atoms with Crippen molar-refractivity contribution in [2.24, 2.45) is 0 Å². The summed E-state index contributed by atoms with van der Waals surface area (Å²) in [6.07, 6.45) is 3.22. The fraction of sp³-hybridized carbons (Fsp3) is 0.409. The number of ether oxygens (including phenoxy) is 1. The van der Waals surface area contributed by atoms with Gasteiger partial charge in [0, 0.05) is 24.8 Å². The van der Waals surface area contributed by atoms with Crippen molar-refractivity contribution in [3.05, 3.63) is 65.7 Å². The average molecular weight is 350 g/mol. The van der Waals surface area contributed by atoms with Crippen LogP contribution in [0.25, 0.3) is 0 Å². The molecule has 2 aromatic carbocycles. The maximum atomic E-state index is 12.5. The zero-order chi connectivity index (χ0) is 17.8. The summed E-state index contributed by atoms with van der Waals surface area (Å²) >= 11 is 0. The number of benzene rings is 2. The van der Waals surface area contributed by atoms with Gasteiger partial charge in [0.1, 0.15) is 0 Å². The van der Waals surface area contributed by atoms with Gasteiger partial charge in [-0.2, -0.15) is 0 Å². The van der Waals surface area contributed by atoms with Crippen LogP contribution in [-0.2, 0) is 16.0 Å². The Morgan fingerprint density at radius 1 is 1.04 bits per heavy atom. The van der Waals surface area contributed by atoms with Crippen LogP contribution in [-0.4, -0.2) is 31.6 Å². The highest BCUT2D eigenvalue weighted by atomic mass is 16.5. The van der Waals surface area contributed by atoms with E-state index in [1.54, 1.807) is 0 Å². The standard InChI is InChI=1S/C22H26N2O2/c25-22(16-21-20-9-5-4-6-17(20)12-15-26-21)23-18-10-13-24(14-11-18)19-7-2-1-3-8-19/h1-9,18,21H,10-16H2,(H,23,25). The van der Waals surface area contributed by atoms with Gasteiger partial charge in [0.05, 0.1) is 19.1 Å². The van der Waals surface area contributed by atoms with Gasteiger partial charge in [-0.25, -0.2) is 0 Å². The van der Waals surface area contributed by atoms with Crippen molar-refractivity contribution in [1.82, 2.24) is 5.32 Å². The van der Waals surface area contributed by atoms with Crippen LogP contribution >= 0.6 is 0 Å². The Morgan fingerprint density at radius 2 is 1.77 bits per heavy atom. The van der Waals surface area contributed by atoms with Crippen LogP contribution in [0.5, 0.6) is 0 Å². The zero-order valence-corrected chi connectivity index (χ0v) is 15.1. The third-order valence-electron chi connectivity index (χ3n) is 5.44. The van der Waals surface area contributed by atoms with Crippen molar-refractivity contribution in [2.45, 2.75) is 37.8 Å². The molecule has 0 spiro atoms. The fourth-order valence-electron chi connectivity index (χ4n) is 4.02. The molecular weight excluding hydrogens is 324 g/mol. The number of anilines is 1. The normalized spacial score (nSPS) is 20.5. The second-order valence-electron chi connectivity index (χ2n) is 7.18. The number of carbonyl (C=O) groups excluding carboxylic acids is 1. The lowest BCUT2D eigenvalue weighted by molar-refractivity contribution is -0.125. The van der Waals surface area contributed by atoms with Gasteiger partial charge in [0.15, 0.2) is 0 Å². The molecular formula is C22H26N2O2. The average Bonchev–Trinajstić information content (AvgIpc) is 2.69. The Kier molecular flexibility index (Phi) is 5.21. The minimum Gasteiger partial charge on any atom is -0.373 e. The lowest BCUT2D eigenvalue weighted by Crippen LogP contribution is -2.45. The number of hydrogen-bond donors (Lipinski definition) is 1. The molecule has 1 N–H and O–H groups in total. The minimum absolute atomic E-state index is 0.102. The van der Waals surface area contributed by atoms with Crippen LogP contribution in [0.3, 0.4) is 0 Å². The van der Waals surface area contributed by atoms with E-state index in [0.717, 1.165) is 32.4 Å². The lowest BCUT2D eigenvalue weighted by atomic mass is 9.95. The molecule has 0 aromatic heterocycles. The van der Waals surface area contributed by atoms with Crippen LogP contribution in [0.2, 0.25) is 0 Å². The Labute approximate surface area is 155 Å². The van der Waals surface area contributed by atoms with E-state index < -0.39 is 0 Å². The second kappa shape index (κ2) is 7.92. The summed E-state index contributed by atoms with van der Waals surface area (Å²) < 4.78 is 5.87. The van der Waals surface area contributed by atoms with Crippen LogP contribution in [0.4, 0.5) is 5.69 Å². The first kappa shape index (κ1) is 17.1. The summed E-state index contributed by atoms with van der Waals surface area (Å²) in [5.74, 6) is 0.102. The third-order valence-corrected chi connectivity index (χ3v) is 5.44. The number of nitrogens with zero attached hydrogens (tertiary/aromatic N) is 1. The van der Waals surface area contributed by atoms with Gasteiger partial charge in [-0.05, 0) is 42.5 Å². The molecule has 0 radical (unpaired) electrons. The van der Waals surface area contributed by atoms with E-state index in [4.69, 9.17) is 4.74 Å². The highest BCUT2D eigenvalue weighted by Crippen LogP contribution is 2.29. The van der Waals surface area contributed by atoms with Crippen molar-refractivity contribution in [3.8, 4) is 0 Å². The summed E-state index contributed by atoms with van der Waals surface area (Å²) in [5, 5.41) is 3.22. The summed E-state index contributed by atoms with van der Waals surface area (Å²) in [7, 11) is 0. The Morgan fingerprint density at radius 3 is 2.58 bits per heavy atom. The molecule has 136 valence electrons. The number of para-hydroxylation sites is 1. The maximum Gasteiger partial charge on any atom is 0.223 e.